The minimum atomic E-state index is 0.203. The first-order chi connectivity index (χ1) is 10.8. The molecule has 0 aromatic carbocycles. The predicted molar refractivity (Wildman–Crippen MR) is 83.5 cm³/mol. The Morgan fingerprint density at radius 2 is 2.18 bits per heavy atom. The third-order valence-electron chi connectivity index (χ3n) is 4.70. The van der Waals surface area contributed by atoms with E-state index in [1.54, 1.807) is 11.3 Å². The summed E-state index contributed by atoms with van der Waals surface area (Å²) in [5, 5.41) is 6.03. The first-order valence-electron chi connectivity index (χ1n) is 7.95. The molecule has 116 valence electrons. The van der Waals surface area contributed by atoms with Gasteiger partial charge >= 0.3 is 0 Å². The number of nitrogens with zero attached hydrogens (tertiary/aromatic N) is 3. The molecule has 22 heavy (non-hydrogen) atoms. The van der Waals surface area contributed by atoms with Crippen molar-refractivity contribution in [2.75, 3.05) is 13.1 Å². The van der Waals surface area contributed by atoms with Crippen molar-refractivity contribution in [3.05, 3.63) is 23.4 Å². The topological polar surface area (TPSA) is 59.2 Å². The van der Waals surface area contributed by atoms with Crippen LogP contribution in [0, 0.1) is 5.92 Å². The molecular formula is C16H19N3O2S. The quantitative estimate of drug-likeness (QED) is 0.868. The molecule has 1 saturated carbocycles. The third-order valence-corrected chi connectivity index (χ3v) is 5.57. The number of rotatable bonds is 4. The molecule has 0 bridgehead atoms. The molecule has 2 aliphatic rings. The molecule has 2 fully saturated rings. The molecule has 0 unspecified atom stereocenters. The van der Waals surface area contributed by atoms with Crippen LogP contribution in [0.1, 0.15) is 43.9 Å². The van der Waals surface area contributed by atoms with E-state index in [9.17, 15) is 4.79 Å². The first-order valence-corrected chi connectivity index (χ1v) is 8.83. The number of aromatic nitrogens is 2. The van der Waals surface area contributed by atoms with Gasteiger partial charge in [-0.25, -0.2) is 0 Å². The lowest BCUT2D eigenvalue weighted by Crippen LogP contribution is -2.48. The van der Waals surface area contributed by atoms with E-state index in [1.165, 1.54) is 25.7 Å². The van der Waals surface area contributed by atoms with Gasteiger partial charge in [-0.2, -0.15) is 4.98 Å². The van der Waals surface area contributed by atoms with Crippen LogP contribution in [-0.4, -0.2) is 34.0 Å². The van der Waals surface area contributed by atoms with Crippen LogP contribution in [0.15, 0.2) is 22.0 Å². The van der Waals surface area contributed by atoms with E-state index in [0.29, 0.717) is 23.5 Å². The Morgan fingerprint density at radius 3 is 2.91 bits per heavy atom. The number of likely N-dealkylation sites (tertiary alicyclic amines) is 1. The second-order valence-corrected chi connectivity index (χ2v) is 7.23. The fourth-order valence-corrected chi connectivity index (χ4v) is 3.99. The molecule has 0 atom stereocenters. The molecule has 1 saturated heterocycles. The van der Waals surface area contributed by atoms with Crippen LogP contribution in [0.25, 0.3) is 10.7 Å². The summed E-state index contributed by atoms with van der Waals surface area (Å²) in [5.74, 6) is 2.42. The average Bonchev–Trinajstić information content (AvgIpc) is 3.19. The van der Waals surface area contributed by atoms with Crippen molar-refractivity contribution >= 4 is 17.2 Å². The second kappa shape index (κ2) is 5.83. The molecule has 4 rings (SSSR count). The summed E-state index contributed by atoms with van der Waals surface area (Å²) in [6.45, 7) is 1.44. The maximum Gasteiger partial charge on any atom is 0.233 e. The van der Waals surface area contributed by atoms with E-state index in [-0.39, 0.29) is 5.92 Å². The van der Waals surface area contributed by atoms with E-state index in [1.807, 2.05) is 22.4 Å². The maximum atomic E-state index is 12.2. The molecule has 6 heteroatoms. The number of hydrogen-bond donors (Lipinski definition) is 0. The van der Waals surface area contributed by atoms with Crippen molar-refractivity contribution in [3.63, 3.8) is 0 Å². The highest BCUT2D eigenvalue weighted by atomic mass is 32.1. The second-order valence-electron chi connectivity index (χ2n) is 6.28. The Bertz CT molecular complexity index is 640. The van der Waals surface area contributed by atoms with Crippen LogP contribution in [0.3, 0.4) is 0 Å². The number of thiophene rings is 1. The zero-order valence-corrected chi connectivity index (χ0v) is 13.2. The van der Waals surface area contributed by atoms with E-state index in [2.05, 4.69) is 10.1 Å². The molecule has 1 aliphatic carbocycles. The van der Waals surface area contributed by atoms with Crippen molar-refractivity contribution in [2.24, 2.45) is 5.92 Å². The van der Waals surface area contributed by atoms with Gasteiger partial charge in [0.25, 0.3) is 0 Å². The Kier molecular flexibility index (Phi) is 3.70. The van der Waals surface area contributed by atoms with Crippen LogP contribution in [-0.2, 0) is 4.79 Å². The molecule has 0 N–H and O–H groups in total. The molecule has 2 aromatic rings. The third kappa shape index (κ3) is 2.67. The van der Waals surface area contributed by atoms with Crippen LogP contribution >= 0.6 is 11.3 Å². The summed E-state index contributed by atoms with van der Waals surface area (Å²) >= 11 is 1.60. The standard InChI is InChI=1S/C16H19N3O2S/c20-14(8-11-4-1-2-5-11)19-9-12(10-19)16-17-15(18-21-16)13-6-3-7-22-13/h3,6-7,11-12H,1-2,4-5,8-10H2. The van der Waals surface area contributed by atoms with Crippen LogP contribution in [0.4, 0.5) is 0 Å². The van der Waals surface area contributed by atoms with Crippen molar-refractivity contribution < 1.29 is 9.32 Å². The van der Waals surface area contributed by atoms with Crippen molar-refractivity contribution in [1.82, 2.24) is 15.0 Å². The minimum Gasteiger partial charge on any atom is -0.341 e. The summed E-state index contributed by atoms with van der Waals surface area (Å²) in [5.41, 5.74) is 0. The molecule has 0 radical (unpaired) electrons. The summed E-state index contributed by atoms with van der Waals surface area (Å²) in [6.07, 6.45) is 5.73. The fraction of sp³-hybridized carbons (Fsp3) is 0.562. The monoisotopic (exact) mass is 317 g/mol. The largest absolute Gasteiger partial charge is 0.341 e. The smallest absolute Gasteiger partial charge is 0.233 e. The van der Waals surface area contributed by atoms with E-state index in [4.69, 9.17) is 4.52 Å². The molecule has 0 spiro atoms. The Hall–Kier alpha value is -1.69. The van der Waals surface area contributed by atoms with Crippen LogP contribution in [0.2, 0.25) is 0 Å². The highest BCUT2D eigenvalue weighted by Crippen LogP contribution is 2.32. The SMILES string of the molecule is O=C(CC1CCCC1)N1CC(c2nc(-c3cccs3)no2)C1. The summed E-state index contributed by atoms with van der Waals surface area (Å²) in [4.78, 5) is 19.6. The minimum absolute atomic E-state index is 0.203. The first kappa shape index (κ1) is 13.9. The van der Waals surface area contributed by atoms with Gasteiger partial charge in [0.15, 0.2) is 0 Å². The Morgan fingerprint density at radius 1 is 1.36 bits per heavy atom. The average molecular weight is 317 g/mol. The van der Waals surface area contributed by atoms with Gasteiger partial charge in [-0.05, 0) is 30.2 Å². The van der Waals surface area contributed by atoms with Gasteiger partial charge in [-0.3, -0.25) is 4.79 Å². The van der Waals surface area contributed by atoms with Crippen molar-refractivity contribution in [2.45, 2.75) is 38.0 Å². The van der Waals surface area contributed by atoms with Gasteiger partial charge in [-0.1, -0.05) is 24.1 Å². The van der Waals surface area contributed by atoms with Gasteiger partial charge in [0.2, 0.25) is 17.6 Å². The van der Waals surface area contributed by atoms with Gasteiger partial charge in [0.05, 0.1) is 10.8 Å². The van der Waals surface area contributed by atoms with E-state index >= 15 is 0 Å². The summed E-state index contributed by atoms with van der Waals surface area (Å²) < 4.78 is 5.36. The maximum absolute atomic E-state index is 12.2. The summed E-state index contributed by atoms with van der Waals surface area (Å²) in [7, 11) is 0. The van der Waals surface area contributed by atoms with Gasteiger partial charge in [-0.15, -0.1) is 11.3 Å². The molecular weight excluding hydrogens is 298 g/mol. The zero-order valence-electron chi connectivity index (χ0n) is 12.4. The van der Waals surface area contributed by atoms with Crippen molar-refractivity contribution in [3.8, 4) is 10.7 Å². The number of amides is 1. The lowest BCUT2D eigenvalue weighted by molar-refractivity contribution is -0.137. The van der Waals surface area contributed by atoms with E-state index < -0.39 is 0 Å². The van der Waals surface area contributed by atoms with Crippen molar-refractivity contribution in [1.29, 1.82) is 0 Å². The number of hydrogen-bond acceptors (Lipinski definition) is 5. The fourth-order valence-electron chi connectivity index (χ4n) is 3.34. The Balaban J connectivity index is 1.32. The molecule has 3 heterocycles. The summed E-state index contributed by atoms with van der Waals surface area (Å²) in [6, 6.07) is 3.96. The molecule has 1 aliphatic heterocycles. The molecule has 5 nitrogen and oxygen atoms in total. The predicted octanol–water partition coefficient (Wildman–Crippen LogP) is 3.30. The lowest BCUT2D eigenvalue weighted by Gasteiger charge is -2.37. The van der Waals surface area contributed by atoms with Crippen LogP contribution in [0.5, 0.6) is 0 Å². The van der Waals surface area contributed by atoms with Gasteiger partial charge in [0, 0.05) is 19.5 Å². The Labute approximate surface area is 133 Å². The highest BCUT2D eigenvalue weighted by molar-refractivity contribution is 7.13. The normalized spacial score (nSPS) is 19.5. The lowest BCUT2D eigenvalue weighted by atomic mass is 9.97. The number of carbonyl (C=O) groups excluding carboxylic acids is 1. The zero-order chi connectivity index (χ0) is 14.9. The number of carbonyl (C=O) groups is 1. The van der Waals surface area contributed by atoms with Gasteiger partial charge in [0.1, 0.15) is 0 Å². The molecule has 2 aromatic heterocycles. The molecule has 1 amide bonds. The van der Waals surface area contributed by atoms with Gasteiger partial charge < -0.3 is 9.42 Å². The van der Waals surface area contributed by atoms with E-state index in [0.717, 1.165) is 24.4 Å². The van der Waals surface area contributed by atoms with Crippen LogP contribution < -0.4 is 0 Å². The highest BCUT2D eigenvalue weighted by Gasteiger charge is 2.36.